The van der Waals surface area contributed by atoms with Crippen molar-refractivity contribution in [3.8, 4) is 72.7 Å². The first kappa shape index (κ1) is 34.4. The molecule has 0 radical (unpaired) electrons. The van der Waals surface area contributed by atoms with Crippen molar-refractivity contribution in [1.29, 1.82) is 0 Å². The van der Waals surface area contributed by atoms with Crippen LogP contribution in [-0.4, -0.2) is 9.55 Å². The van der Waals surface area contributed by atoms with Gasteiger partial charge in [0.25, 0.3) is 0 Å². The van der Waals surface area contributed by atoms with E-state index in [0.29, 0.717) is 0 Å². The van der Waals surface area contributed by atoms with Gasteiger partial charge in [-0.1, -0.05) is 200 Å². The molecular weight excluding hydrogens is 713 g/mol. The zero-order valence-electron chi connectivity index (χ0n) is 32.3. The van der Waals surface area contributed by atoms with Gasteiger partial charge in [0.15, 0.2) is 0 Å². The lowest BCUT2D eigenvalue weighted by Gasteiger charge is -2.19. The first-order chi connectivity index (χ1) is 29.3. The smallest absolute Gasteiger partial charge is 0.145 e. The van der Waals surface area contributed by atoms with Crippen LogP contribution >= 0.6 is 0 Å². The Bertz CT molecular complexity index is 3260. The summed E-state index contributed by atoms with van der Waals surface area (Å²) in [5, 5.41) is 5.01. The molecule has 59 heavy (non-hydrogen) atoms. The first-order valence-corrected chi connectivity index (χ1v) is 20.2. The van der Waals surface area contributed by atoms with Crippen LogP contribution in [0.1, 0.15) is 0 Å². The number of aromatic nitrogens is 2. The highest BCUT2D eigenvalue weighted by Crippen LogP contribution is 2.45. The average molecular weight is 751 g/mol. The molecule has 0 unspecified atom stereocenters. The van der Waals surface area contributed by atoms with Gasteiger partial charge in [-0.2, -0.15) is 0 Å². The molecule has 0 spiro atoms. The van der Waals surface area contributed by atoms with Crippen LogP contribution in [0.4, 0.5) is 0 Å². The van der Waals surface area contributed by atoms with Crippen LogP contribution < -0.4 is 0 Å². The van der Waals surface area contributed by atoms with Crippen LogP contribution in [0, 0.1) is 0 Å². The molecule has 0 amide bonds. The number of benzene rings is 10. The molecule has 11 rings (SSSR count). The zero-order valence-corrected chi connectivity index (χ0v) is 32.3. The van der Waals surface area contributed by atoms with Crippen LogP contribution in [0.25, 0.3) is 105 Å². The number of hydrogen-bond donors (Lipinski definition) is 0. The van der Waals surface area contributed by atoms with E-state index in [1.807, 2.05) is 0 Å². The van der Waals surface area contributed by atoms with Gasteiger partial charge < -0.3 is 0 Å². The highest BCUT2D eigenvalue weighted by Gasteiger charge is 2.20. The van der Waals surface area contributed by atoms with Gasteiger partial charge in [0.1, 0.15) is 5.82 Å². The van der Waals surface area contributed by atoms with Crippen LogP contribution in [0.3, 0.4) is 0 Å². The lowest BCUT2D eigenvalue weighted by atomic mass is 9.85. The molecule has 0 aliphatic carbocycles. The van der Waals surface area contributed by atoms with Gasteiger partial charge >= 0.3 is 0 Å². The van der Waals surface area contributed by atoms with Crippen molar-refractivity contribution in [2.75, 3.05) is 0 Å². The minimum Gasteiger partial charge on any atom is -0.292 e. The lowest BCUT2D eigenvalue weighted by Crippen LogP contribution is -1.97. The van der Waals surface area contributed by atoms with E-state index >= 15 is 0 Å². The summed E-state index contributed by atoms with van der Waals surface area (Å²) in [5.41, 5.74) is 16.1. The fraction of sp³-hybridized carbons (Fsp3) is 0. The molecule has 0 atom stereocenters. The maximum atomic E-state index is 5.32. The summed E-state index contributed by atoms with van der Waals surface area (Å²) in [6.45, 7) is 0. The van der Waals surface area contributed by atoms with E-state index < -0.39 is 0 Å². The first-order valence-electron chi connectivity index (χ1n) is 20.2. The Kier molecular flexibility index (Phi) is 8.52. The maximum Gasteiger partial charge on any atom is 0.145 e. The lowest BCUT2D eigenvalue weighted by molar-refractivity contribution is 1.10. The largest absolute Gasteiger partial charge is 0.292 e. The fourth-order valence-electron chi connectivity index (χ4n) is 8.87. The molecule has 276 valence electrons. The van der Waals surface area contributed by atoms with Crippen molar-refractivity contribution in [3.63, 3.8) is 0 Å². The molecule has 1 aromatic heterocycles. The van der Waals surface area contributed by atoms with E-state index in [9.17, 15) is 0 Å². The molecule has 0 saturated heterocycles. The van der Waals surface area contributed by atoms with Crippen molar-refractivity contribution >= 4 is 32.6 Å². The molecular formula is C57H38N2. The van der Waals surface area contributed by atoms with Gasteiger partial charge in [-0.05, 0) is 108 Å². The number of nitrogens with zero attached hydrogens (tertiary/aromatic N) is 2. The quantitative estimate of drug-likeness (QED) is 0.148. The summed E-state index contributed by atoms with van der Waals surface area (Å²) in [4.78, 5) is 5.32. The van der Waals surface area contributed by atoms with Crippen LogP contribution in [0.5, 0.6) is 0 Å². The van der Waals surface area contributed by atoms with E-state index in [1.54, 1.807) is 0 Å². The summed E-state index contributed by atoms with van der Waals surface area (Å²) in [7, 11) is 0. The van der Waals surface area contributed by atoms with Crippen molar-refractivity contribution in [2.24, 2.45) is 0 Å². The van der Waals surface area contributed by atoms with E-state index in [-0.39, 0.29) is 0 Å². The van der Waals surface area contributed by atoms with Crippen LogP contribution in [0.2, 0.25) is 0 Å². The number of para-hydroxylation sites is 1. The zero-order chi connectivity index (χ0) is 39.1. The Balaban J connectivity index is 1.09. The van der Waals surface area contributed by atoms with Crippen molar-refractivity contribution < 1.29 is 0 Å². The Hall–Kier alpha value is -7.81. The monoisotopic (exact) mass is 750 g/mol. The Labute approximate surface area is 344 Å². The molecule has 11 aromatic rings. The predicted molar refractivity (Wildman–Crippen MR) is 249 cm³/mol. The molecule has 10 aromatic carbocycles. The molecule has 2 nitrogen and oxygen atoms in total. The van der Waals surface area contributed by atoms with E-state index in [2.05, 4.69) is 235 Å². The van der Waals surface area contributed by atoms with Gasteiger partial charge in [0.05, 0.1) is 11.0 Å². The summed E-state index contributed by atoms with van der Waals surface area (Å²) < 4.78 is 2.29. The topological polar surface area (TPSA) is 17.8 Å². The molecule has 0 aliphatic rings. The van der Waals surface area contributed by atoms with E-state index in [4.69, 9.17) is 4.98 Å². The highest BCUT2D eigenvalue weighted by molar-refractivity contribution is 6.22. The van der Waals surface area contributed by atoms with Crippen molar-refractivity contribution in [3.05, 3.63) is 231 Å². The molecule has 1 heterocycles. The Morgan fingerprint density at radius 1 is 0.288 bits per heavy atom. The molecule has 0 N–H and O–H groups in total. The molecule has 0 aliphatic heterocycles. The summed E-state index contributed by atoms with van der Waals surface area (Å²) in [6, 6.07) is 83.0. The van der Waals surface area contributed by atoms with Crippen LogP contribution in [-0.2, 0) is 0 Å². The number of imidazole rings is 1. The van der Waals surface area contributed by atoms with Gasteiger partial charge in [-0.25, -0.2) is 4.98 Å². The van der Waals surface area contributed by atoms with Crippen molar-refractivity contribution in [2.45, 2.75) is 0 Å². The predicted octanol–water partition coefficient (Wildman–Crippen LogP) is 15.3. The number of rotatable bonds is 7. The summed E-state index contributed by atoms with van der Waals surface area (Å²) in [5.74, 6) is 0.924. The van der Waals surface area contributed by atoms with E-state index in [1.165, 1.54) is 66.1 Å². The Morgan fingerprint density at radius 2 is 0.712 bits per heavy atom. The standard InChI is InChI=1S/C57H38N2/c1-6-18-40(19-7-1)51-38-54-53(58-57(44-24-12-4-13-25-44)59(54)46-26-14-5-15-27-46)37-50(51)41-32-30-39(31-33-41)45-34-35-49-52(36-45)56(43-22-10-3-11-23-43)48-29-17-16-28-47(48)55(49)42-20-8-2-9-21-42/h1-38H. The third-order valence-corrected chi connectivity index (χ3v) is 11.6. The summed E-state index contributed by atoms with van der Waals surface area (Å²) in [6.07, 6.45) is 0. The minimum absolute atomic E-state index is 0.924. The third-order valence-electron chi connectivity index (χ3n) is 11.6. The number of hydrogen-bond acceptors (Lipinski definition) is 1. The van der Waals surface area contributed by atoms with Crippen LogP contribution in [0.15, 0.2) is 231 Å². The fourth-order valence-corrected chi connectivity index (χ4v) is 8.87. The van der Waals surface area contributed by atoms with Gasteiger partial charge in [-0.3, -0.25) is 4.57 Å². The molecule has 0 saturated carbocycles. The minimum atomic E-state index is 0.924. The second-order valence-electron chi connectivity index (χ2n) is 15.1. The molecule has 0 fully saturated rings. The SMILES string of the molecule is c1ccc(-c2cc3c(cc2-c2ccc(-c4ccc5c(-c6ccccc6)c6ccccc6c(-c6ccccc6)c5c4)cc2)nc(-c2ccccc2)n3-c2ccccc2)cc1. The van der Waals surface area contributed by atoms with Crippen molar-refractivity contribution in [1.82, 2.24) is 9.55 Å². The Morgan fingerprint density at radius 3 is 1.31 bits per heavy atom. The third kappa shape index (κ3) is 6.10. The summed E-state index contributed by atoms with van der Waals surface area (Å²) >= 11 is 0. The normalized spacial score (nSPS) is 11.4. The number of fused-ring (bicyclic) bond motifs is 3. The maximum absolute atomic E-state index is 5.32. The molecule has 0 bridgehead atoms. The van der Waals surface area contributed by atoms with E-state index in [0.717, 1.165) is 39.2 Å². The average Bonchev–Trinajstić information content (AvgIpc) is 3.70. The van der Waals surface area contributed by atoms with Gasteiger partial charge in [-0.15, -0.1) is 0 Å². The molecule has 2 heteroatoms. The second-order valence-corrected chi connectivity index (χ2v) is 15.1. The highest BCUT2D eigenvalue weighted by atomic mass is 15.1. The van der Waals surface area contributed by atoms with Gasteiger partial charge in [0, 0.05) is 11.3 Å². The van der Waals surface area contributed by atoms with Gasteiger partial charge in [0.2, 0.25) is 0 Å². The second kappa shape index (κ2) is 14.6.